The van der Waals surface area contributed by atoms with Gasteiger partial charge in [-0.15, -0.1) is 0 Å². The van der Waals surface area contributed by atoms with Gasteiger partial charge in [0.1, 0.15) is 11.9 Å². The Labute approximate surface area is 105 Å². The van der Waals surface area contributed by atoms with E-state index in [0.717, 1.165) is 12.8 Å². The number of rotatable bonds is 2. The number of hydrogen-bond acceptors (Lipinski definition) is 3. The van der Waals surface area contributed by atoms with Crippen LogP contribution in [0.25, 0.3) is 0 Å². The molecule has 1 amide bonds. The summed E-state index contributed by atoms with van der Waals surface area (Å²) in [5.41, 5.74) is 0.546. The Morgan fingerprint density at radius 1 is 1.56 bits per heavy atom. The Bertz CT molecular complexity index is 509. The zero-order valence-electron chi connectivity index (χ0n) is 10.1. The highest BCUT2D eigenvalue weighted by Gasteiger charge is 2.28. The number of carbonyl (C=O) groups is 1. The van der Waals surface area contributed by atoms with Crippen molar-refractivity contribution >= 4 is 11.6 Å². The Kier molecular flexibility index (Phi) is 3.58. The Morgan fingerprint density at radius 2 is 2.33 bits per heavy atom. The number of nitrogens with one attached hydrogen (secondary N) is 1. The average molecular weight is 247 g/mol. The molecule has 0 radical (unpaired) electrons. The van der Waals surface area contributed by atoms with Gasteiger partial charge < -0.3 is 10.2 Å². The van der Waals surface area contributed by atoms with Gasteiger partial charge in [-0.3, -0.25) is 4.79 Å². The summed E-state index contributed by atoms with van der Waals surface area (Å²) in [5.74, 6) is -0.588. The topological polar surface area (TPSA) is 56.1 Å². The fourth-order valence-electron chi connectivity index (χ4n) is 2.17. The second kappa shape index (κ2) is 5.15. The molecule has 1 unspecified atom stereocenters. The first kappa shape index (κ1) is 12.5. The molecular formula is C13H14FN3O. The lowest BCUT2D eigenvalue weighted by molar-refractivity contribution is -0.121. The fraction of sp³-hybridized carbons (Fsp3) is 0.385. The van der Waals surface area contributed by atoms with Gasteiger partial charge in [0.15, 0.2) is 0 Å². The molecule has 0 saturated carbocycles. The second-order valence-electron chi connectivity index (χ2n) is 4.25. The number of likely N-dealkylation sites (N-methyl/N-ethyl adjacent to an activating group) is 1. The number of nitriles is 1. The molecule has 1 atom stereocenters. The summed E-state index contributed by atoms with van der Waals surface area (Å²) in [7, 11) is 1.75. The molecule has 0 bridgehead atoms. The van der Waals surface area contributed by atoms with Crippen molar-refractivity contribution in [2.24, 2.45) is 0 Å². The Hall–Kier alpha value is -1.93. The van der Waals surface area contributed by atoms with E-state index < -0.39 is 5.82 Å². The highest BCUT2D eigenvalue weighted by atomic mass is 19.1. The molecule has 1 aromatic carbocycles. The van der Waals surface area contributed by atoms with Crippen LogP contribution in [0.2, 0.25) is 0 Å². The number of carbonyl (C=O) groups excluding carboxylic acids is 1. The molecule has 2 rings (SSSR count). The molecule has 0 spiro atoms. The summed E-state index contributed by atoms with van der Waals surface area (Å²) >= 11 is 0. The summed E-state index contributed by atoms with van der Waals surface area (Å²) in [4.78, 5) is 13.7. The molecule has 94 valence electrons. The van der Waals surface area contributed by atoms with E-state index in [4.69, 9.17) is 5.26 Å². The van der Waals surface area contributed by atoms with Gasteiger partial charge in [0.25, 0.3) is 0 Å². The summed E-state index contributed by atoms with van der Waals surface area (Å²) < 4.78 is 13.2. The van der Waals surface area contributed by atoms with Crippen molar-refractivity contribution in [1.82, 2.24) is 5.32 Å². The van der Waals surface area contributed by atoms with Crippen molar-refractivity contribution in [3.8, 4) is 6.07 Å². The minimum absolute atomic E-state index is 0.0285. The first-order valence-electron chi connectivity index (χ1n) is 5.85. The van der Waals surface area contributed by atoms with Gasteiger partial charge in [0.2, 0.25) is 5.91 Å². The monoisotopic (exact) mass is 247 g/mol. The molecule has 1 fully saturated rings. The van der Waals surface area contributed by atoms with Crippen LogP contribution in [0.5, 0.6) is 0 Å². The normalized spacial score (nSPS) is 19.7. The van der Waals surface area contributed by atoms with Gasteiger partial charge >= 0.3 is 0 Å². The van der Waals surface area contributed by atoms with E-state index in [9.17, 15) is 9.18 Å². The summed E-state index contributed by atoms with van der Waals surface area (Å²) in [5, 5.41) is 11.8. The number of hydrogen-bond donors (Lipinski definition) is 1. The molecule has 1 saturated heterocycles. The van der Waals surface area contributed by atoms with Gasteiger partial charge in [0, 0.05) is 12.2 Å². The van der Waals surface area contributed by atoms with Crippen LogP contribution in [0.3, 0.4) is 0 Å². The first-order valence-corrected chi connectivity index (χ1v) is 5.85. The summed E-state index contributed by atoms with van der Waals surface area (Å²) in [6.45, 7) is 0.605. The van der Waals surface area contributed by atoms with Crippen LogP contribution in [0, 0.1) is 17.1 Å². The smallest absolute Gasteiger partial charge is 0.244 e. The van der Waals surface area contributed by atoms with E-state index in [1.807, 2.05) is 0 Å². The molecule has 1 heterocycles. The number of piperidine rings is 1. The molecule has 1 aliphatic rings. The molecule has 5 heteroatoms. The average Bonchev–Trinajstić information content (AvgIpc) is 2.40. The van der Waals surface area contributed by atoms with Crippen molar-refractivity contribution in [1.29, 1.82) is 5.26 Å². The van der Waals surface area contributed by atoms with Crippen LogP contribution in [0.15, 0.2) is 18.2 Å². The zero-order valence-corrected chi connectivity index (χ0v) is 10.1. The third-order valence-corrected chi connectivity index (χ3v) is 3.17. The van der Waals surface area contributed by atoms with Crippen LogP contribution in [0.1, 0.15) is 18.4 Å². The minimum atomic E-state index is -0.559. The van der Waals surface area contributed by atoms with E-state index in [-0.39, 0.29) is 17.5 Å². The van der Waals surface area contributed by atoms with Gasteiger partial charge in [-0.1, -0.05) is 0 Å². The molecule has 0 aromatic heterocycles. The summed E-state index contributed by atoms with van der Waals surface area (Å²) in [6.07, 6.45) is 1.69. The van der Waals surface area contributed by atoms with Crippen LogP contribution < -0.4 is 10.2 Å². The van der Waals surface area contributed by atoms with E-state index in [1.165, 1.54) is 18.2 Å². The van der Waals surface area contributed by atoms with Gasteiger partial charge in [-0.05, 0) is 38.1 Å². The van der Waals surface area contributed by atoms with Gasteiger partial charge in [-0.25, -0.2) is 4.39 Å². The minimum Gasteiger partial charge on any atom is -0.311 e. The van der Waals surface area contributed by atoms with Crippen molar-refractivity contribution < 1.29 is 9.18 Å². The highest BCUT2D eigenvalue weighted by Crippen LogP contribution is 2.23. The lowest BCUT2D eigenvalue weighted by Crippen LogP contribution is -2.49. The third-order valence-electron chi connectivity index (χ3n) is 3.17. The maximum Gasteiger partial charge on any atom is 0.244 e. The number of amides is 1. The van der Waals surface area contributed by atoms with Crippen molar-refractivity contribution in [3.05, 3.63) is 29.6 Å². The number of benzene rings is 1. The van der Waals surface area contributed by atoms with Crippen LogP contribution >= 0.6 is 0 Å². The van der Waals surface area contributed by atoms with E-state index in [0.29, 0.717) is 12.2 Å². The number of halogens is 1. The molecular weight excluding hydrogens is 233 g/mol. The largest absolute Gasteiger partial charge is 0.311 e. The Morgan fingerprint density at radius 3 is 3.00 bits per heavy atom. The second-order valence-corrected chi connectivity index (χ2v) is 4.25. The number of nitrogens with zero attached hydrogens (tertiary/aromatic N) is 2. The maximum atomic E-state index is 13.2. The van der Waals surface area contributed by atoms with Crippen molar-refractivity contribution in [2.45, 2.75) is 18.9 Å². The van der Waals surface area contributed by atoms with Crippen molar-refractivity contribution in [2.75, 3.05) is 18.5 Å². The SMILES string of the molecule is CNC1CCCN(c2ccc(F)c(C#N)c2)C1=O. The van der Waals surface area contributed by atoms with E-state index in [2.05, 4.69) is 5.32 Å². The standard InChI is InChI=1S/C13H14FN3O/c1-16-12-3-2-6-17(13(12)18)10-4-5-11(14)9(7-10)8-15/h4-5,7,12,16H,2-3,6H2,1H3. The summed E-state index contributed by atoms with van der Waals surface area (Å²) in [6, 6.07) is 5.77. The lowest BCUT2D eigenvalue weighted by Gasteiger charge is -2.32. The van der Waals surface area contributed by atoms with E-state index >= 15 is 0 Å². The van der Waals surface area contributed by atoms with Crippen molar-refractivity contribution in [3.63, 3.8) is 0 Å². The molecule has 0 aliphatic carbocycles. The predicted octanol–water partition coefficient (Wildman–Crippen LogP) is 1.41. The third kappa shape index (κ3) is 2.20. The number of anilines is 1. The maximum absolute atomic E-state index is 13.2. The zero-order chi connectivity index (χ0) is 13.1. The van der Waals surface area contributed by atoms with Gasteiger partial charge in [-0.2, -0.15) is 5.26 Å². The fourth-order valence-corrected chi connectivity index (χ4v) is 2.17. The highest BCUT2D eigenvalue weighted by molar-refractivity contribution is 5.98. The Balaban J connectivity index is 2.31. The predicted molar refractivity (Wildman–Crippen MR) is 65.5 cm³/mol. The quantitative estimate of drug-likeness (QED) is 0.859. The molecule has 18 heavy (non-hydrogen) atoms. The van der Waals surface area contributed by atoms with Gasteiger partial charge in [0.05, 0.1) is 11.6 Å². The molecule has 1 aliphatic heterocycles. The van der Waals surface area contributed by atoms with Crippen LogP contribution in [0.4, 0.5) is 10.1 Å². The molecule has 4 nitrogen and oxygen atoms in total. The molecule has 1 N–H and O–H groups in total. The van der Waals surface area contributed by atoms with E-state index in [1.54, 1.807) is 18.0 Å². The molecule has 1 aromatic rings. The van der Waals surface area contributed by atoms with Crippen LogP contribution in [-0.4, -0.2) is 25.5 Å². The lowest BCUT2D eigenvalue weighted by atomic mass is 10.0. The van der Waals surface area contributed by atoms with Crippen LogP contribution in [-0.2, 0) is 4.79 Å². The first-order chi connectivity index (χ1) is 8.67.